The van der Waals surface area contributed by atoms with Crippen LogP contribution in [-0.4, -0.2) is 11.1 Å². The lowest BCUT2D eigenvalue weighted by Gasteiger charge is -2.11. The Labute approximate surface area is 90.5 Å². The molecule has 0 fully saturated rings. The highest BCUT2D eigenvalue weighted by atomic mass is 35.5. The number of aliphatic carboxylic acids is 1. The molecule has 0 spiro atoms. The Bertz CT molecular complexity index is 393. The maximum absolute atomic E-state index is 13.4. The molecule has 1 unspecified atom stereocenters. The Hall–Kier alpha value is -1.16. The minimum absolute atomic E-state index is 0.0117. The minimum Gasteiger partial charge on any atom is -0.481 e. The van der Waals surface area contributed by atoms with Crippen LogP contribution in [0.25, 0.3) is 0 Å². The molecule has 0 radical (unpaired) electrons. The monoisotopic (exact) mass is 234 g/mol. The molecule has 0 bridgehead atoms. The van der Waals surface area contributed by atoms with Crippen molar-refractivity contribution in [2.24, 2.45) is 0 Å². The number of carbonyl (C=O) groups is 1. The molecule has 0 saturated heterocycles. The van der Waals surface area contributed by atoms with Gasteiger partial charge in [-0.1, -0.05) is 18.5 Å². The molecule has 0 saturated carbocycles. The van der Waals surface area contributed by atoms with Gasteiger partial charge < -0.3 is 5.11 Å². The minimum atomic E-state index is -1.07. The summed E-state index contributed by atoms with van der Waals surface area (Å²) >= 11 is 5.44. The van der Waals surface area contributed by atoms with Crippen molar-refractivity contribution in [1.29, 1.82) is 0 Å². The van der Waals surface area contributed by atoms with Crippen LogP contribution < -0.4 is 0 Å². The molecule has 1 rings (SSSR count). The third kappa shape index (κ3) is 2.89. The molecule has 0 heterocycles. The second-order valence-electron chi connectivity index (χ2n) is 3.29. The number of rotatable bonds is 3. The van der Waals surface area contributed by atoms with Gasteiger partial charge in [0, 0.05) is 0 Å². The first-order chi connectivity index (χ1) is 6.91. The Morgan fingerprint density at radius 3 is 2.67 bits per heavy atom. The van der Waals surface area contributed by atoms with Crippen molar-refractivity contribution < 1.29 is 18.7 Å². The molecular formula is C10H9ClF2O2. The second-order valence-corrected chi connectivity index (χ2v) is 3.70. The van der Waals surface area contributed by atoms with Crippen LogP contribution in [-0.2, 0) is 4.79 Å². The van der Waals surface area contributed by atoms with Gasteiger partial charge in [-0.2, -0.15) is 0 Å². The molecule has 2 nitrogen and oxygen atoms in total. The van der Waals surface area contributed by atoms with Gasteiger partial charge in [-0.25, -0.2) is 8.78 Å². The van der Waals surface area contributed by atoms with E-state index in [1.807, 2.05) is 0 Å². The largest absolute Gasteiger partial charge is 0.481 e. The SMILES string of the molecule is CC(CC(=O)O)c1cc(F)cc(Cl)c1F. The molecule has 0 aliphatic rings. The van der Waals surface area contributed by atoms with E-state index in [2.05, 4.69) is 0 Å². The molecule has 0 aromatic heterocycles. The van der Waals surface area contributed by atoms with Gasteiger partial charge in [0.25, 0.3) is 0 Å². The van der Waals surface area contributed by atoms with E-state index in [0.717, 1.165) is 12.1 Å². The molecule has 15 heavy (non-hydrogen) atoms. The summed E-state index contributed by atoms with van der Waals surface area (Å²) in [6.07, 6.45) is -0.267. The van der Waals surface area contributed by atoms with Gasteiger partial charge in [0.05, 0.1) is 11.4 Å². The lowest BCUT2D eigenvalue weighted by atomic mass is 9.97. The third-order valence-electron chi connectivity index (χ3n) is 2.03. The first kappa shape index (κ1) is 11.9. The maximum Gasteiger partial charge on any atom is 0.303 e. The van der Waals surface area contributed by atoms with Crippen LogP contribution in [0.15, 0.2) is 12.1 Å². The molecule has 5 heteroatoms. The Morgan fingerprint density at radius 1 is 1.53 bits per heavy atom. The maximum atomic E-state index is 13.4. The van der Waals surface area contributed by atoms with E-state index >= 15 is 0 Å². The van der Waals surface area contributed by atoms with Crippen LogP contribution in [0, 0.1) is 11.6 Å². The van der Waals surface area contributed by atoms with Crippen molar-refractivity contribution in [2.75, 3.05) is 0 Å². The summed E-state index contributed by atoms with van der Waals surface area (Å²) < 4.78 is 26.3. The van der Waals surface area contributed by atoms with Crippen molar-refractivity contribution in [3.63, 3.8) is 0 Å². The standard InChI is InChI=1S/C10H9ClF2O2/c1-5(2-9(14)15)7-3-6(12)4-8(11)10(7)13/h3-5H,2H2,1H3,(H,14,15). The summed E-state index contributed by atoms with van der Waals surface area (Å²) in [5, 5.41) is 8.19. The van der Waals surface area contributed by atoms with Gasteiger partial charge in [0.2, 0.25) is 0 Å². The number of halogens is 3. The van der Waals surface area contributed by atoms with Gasteiger partial charge in [-0.05, 0) is 23.6 Å². The van der Waals surface area contributed by atoms with Crippen molar-refractivity contribution in [1.82, 2.24) is 0 Å². The van der Waals surface area contributed by atoms with Crippen molar-refractivity contribution in [3.05, 3.63) is 34.4 Å². The van der Waals surface area contributed by atoms with Gasteiger partial charge >= 0.3 is 5.97 Å². The highest BCUT2D eigenvalue weighted by Crippen LogP contribution is 2.27. The lowest BCUT2D eigenvalue weighted by molar-refractivity contribution is -0.137. The fourth-order valence-corrected chi connectivity index (χ4v) is 1.52. The fraction of sp³-hybridized carbons (Fsp3) is 0.300. The Balaban J connectivity index is 3.07. The molecule has 0 aliphatic carbocycles. The fourth-order valence-electron chi connectivity index (χ4n) is 1.31. The smallest absolute Gasteiger partial charge is 0.303 e. The zero-order valence-electron chi connectivity index (χ0n) is 7.93. The van der Waals surface area contributed by atoms with E-state index in [0.29, 0.717) is 0 Å². The van der Waals surface area contributed by atoms with E-state index in [4.69, 9.17) is 16.7 Å². The summed E-state index contributed by atoms with van der Waals surface area (Å²) in [7, 11) is 0. The zero-order valence-corrected chi connectivity index (χ0v) is 8.68. The normalized spacial score (nSPS) is 12.5. The first-order valence-corrected chi connectivity index (χ1v) is 4.66. The second kappa shape index (κ2) is 4.57. The highest BCUT2D eigenvalue weighted by molar-refractivity contribution is 6.30. The number of hydrogen-bond donors (Lipinski definition) is 1. The van der Waals surface area contributed by atoms with Crippen LogP contribution >= 0.6 is 11.6 Å². The summed E-state index contributed by atoms with van der Waals surface area (Å²) in [5.74, 6) is -3.11. The molecule has 1 N–H and O–H groups in total. The predicted molar refractivity (Wildman–Crippen MR) is 52.0 cm³/mol. The summed E-state index contributed by atoms with van der Waals surface area (Å²) in [6, 6.07) is 1.82. The van der Waals surface area contributed by atoms with Crippen LogP contribution in [0.1, 0.15) is 24.8 Å². The predicted octanol–water partition coefficient (Wildman–Crippen LogP) is 3.20. The Morgan fingerprint density at radius 2 is 2.13 bits per heavy atom. The molecule has 1 aromatic carbocycles. The summed E-state index contributed by atoms with van der Waals surface area (Å²) in [4.78, 5) is 10.4. The van der Waals surface area contributed by atoms with Crippen LogP contribution in [0.3, 0.4) is 0 Å². The van der Waals surface area contributed by atoms with E-state index in [9.17, 15) is 13.6 Å². The number of carboxylic acid groups (broad SMARTS) is 1. The van der Waals surface area contributed by atoms with Gasteiger partial charge in [-0.3, -0.25) is 4.79 Å². The first-order valence-electron chi connectivity index (χ1n) is 4.28. The average Bonchev–Trinajstić information content (AvgIpc) is 2.09. The van der Waals surface area contributed by atoms with Crippen molar-refractivity contribution in [2.45, 2.75) is 19.3 Å². The molecule has 1 aromatic rings. The third-order valence-corrected chi connectivity index (χ3v) is 2.31. The Kier molecular flexibility index (Phi) is 3.63. The van der Waals surface area contributed by atoms with Gasteiger partial charge in [-0.15, -0.1) is 0 Å². The van der Waals surface area contributed by atoms with Crippen molar-refractivity contribution in [3.8, 4) is 0 Å². The molecule has 82 valence electrons. The van der Waals surface area contributed by atoms with Crippen LogP contribution in [0.2, 0.25) is 5.02 Å². The topological polar surface area (TPSA) is 37.3 Å². The lowest BCUT2D eigenvalue weighted by Crippen LogP contribution is -2.05. The van der Waals surface area contributed by atoms with E-state index in [1.54, 1.807) is 0 Å². The average molecular weight is 235 g/mol. The number of carboxylic acids is 1. The number of benzene rings is 1. The van der Waals surface area contributed by atoms with Crippen molar-refractivity contribution >= 4 is 17.6 Å². The molecule has 0 amide bonds. The van der Waals surface area contributed by atoms with Gasteiger partial charge in [0.1, 0.15) is 11.6 Å². The van der Waals surface area contributed by atoms with Gasteiger partial charge in [0.15, 0.2) is 0 Å². The van der Waals surface area contributed by atoms with E-state index < -0.39 is 23.5 Å². The summed E-state index contributed by atoms with van der Waals surface area (Å²) in [5.41, 5.74) is -0.0117. The quantitative estimate of drug-likeness (QED) is 0.816. The highest BCUT2D eigenvalue weighted by Gasteiger charge is 2.17. The van der Waals surface area contributed by atoms with Crippen LogP contribution in [0.4, 0.5) is 8.78 Å². The number of hydrogen-bond acceptors (Lipinski definition) is 1. The molecular weight excluding hydrogens is 226 g/mol. The van der Waals surface area contributed by atoms with E-state index in [-0.39, 0.29) is 17.0 Å². The molecule has 0 aliphatic heterocycles. The zero-order chi connectivity index (χ0) is 11.6. The molecule has 1 atom stereocenters. The van der Waals surface area contributed by atoms with E-state index in [1.165, 1.54) is 6.92 Å². The van der Waals surface area contributed by atoms with Crippen LogP contribution in [0.5, 0.6) is 0 Å². The summed E-state index contributed by atoms with van der Waals surface area (Å²) in [6.45, 7) is 1.50.